The van der Waals surface area contributed by atoms with E-state index in [1.54, 1.807) is 0 Å². The van der Waals surface area contributed by atoms with E-state index in [1.165, 1.54) is 5.56 Å². The van der Waals surface area contributed by atoms with Gasteiger partial charge >= 0.3 is 0 Å². The number of halogens is 1. The van der Waals surface area contributed by atoms with E-state index in [2.05, 4.69) is 10.6 Å². The van der Waals surface area contributed by atoms with Gasteiger partial charge in [-0.1, -0.05) is 0 Å². The highest BCUT2D eigenvalue weighted by molar-refractivity contribution is 5.91. The molecule has 0 aliphatic carbocycles. The highest BCUT2D eigenvalue weighted by atomic mass is 35.5. The number of carbonyl (C=O) groups is 1. The first-order valence-electron chi connectivity index (χ1n) is 5.50. The number of fused-ring (bicyclic) bond motifs is 1. The van der Waals surface area contributed by atoms with Crippen LogP contribution in [0.2, 0.25) is 0 Å². The predicted octanol–water partition coefficient (Wildman–Crippen LogP) is 1.59. The van der Waals surface area contributed by atoms with Crippen LogP contribution in [0.1, 0.15) is 12.0 Å². The van der Waals surface area contributed by atoms with Crippen molar-refractivity contribution in [2.24, 2.45) is 0 Å². The Morgan fingerprint density at radius 3 is 3.06 bits per heavy atom. The lowest BCUT2D eigenvalue weighted by Crippen LogP contribution is -2.18. The highest BCUT2D eigenvalue weighted by Gasteiger charge is 2.12. The van der Waals surface area contributed by atoms with Crippen molar-refractivity contribution in [2.75, 3.05) is 25.5 Å². The molecule has 1 aromatic rings. The largest absolute Gasteiger partial charge is 0.493 e. The highest BCUT2D eigenvalue weighted by Crippen LogP contribution is 2.27. The number of ether oxygens (including phenoxy) is 1. The second-order valence-electron chi connectivity index (χ2n) is 3.82. The molecule has 0 bridgehead atoms. The van der Waals surface area contributed by atoms with Gasteiger partial charge in [0.05, 0.1) is 6.61 Å². The van der Waals surface area contributed by atoms with Crippen LogP contribution in [-0.4, -0.2) is 26.1 Å². The third-order valence-electron chi connectivity index (χ3n) is 2.58. The van der Waals surface area contributed by atoms with Crippen LogP contribution in [0.5, 0.6) is 5.75 Å². The van der Waals surface area contributed by atoms with Crippen molar-refractivity contribution in [2.45, 2.75) is 12.8 Å². The number of benzene rings is 1. The van der Waals surface area contributed by atoms with Gasteiger partial charge in [-0.2, -0.15) is 0 Å². The number of anilines is 1. The van der Waals surface area contributed by atoms with E-state index in [9.17, 15) is 4.79 Å². The Hall–Kier alpha value is -1.26. The van der Waals surface area contributed by atoms with Gasteiger partial charge in [0, 0.05) is 25.1 Å². The molecule has 94 valence electrons. The van der Waals surface area contributed by atoms with Crippen LogP contribution < -0.4 is 15.4 Å². The first-order valence-corrected chi connectivity index (χ1v) is 5.50. The maximum absolute atomic E-state index is 11.5. The van der Waals surface area contributed by atoms with Crippen LogP contribution in [0, 0.1) is 0 Å². The molecule has 1 amide bonds. The molecule has 2 rings (SSSR count). The average Bonchev–Trinajstić information content (AvgIpc) is 2.73. The van der Waals surface area contributed by atoms with Crippen molar-refractivity contribution in [3.05, 3.63) is 23.8 Å². The second-order valence-corrected chi connectivity index (χ2v) is 3.82. The van der Waals surface area contributed by atoms with Gasteiger partial charge in [-0.25, -0.2) is 0 Å². The van der Waals surface area contributed by atoms with Gasteiger partial charge < -0.3 is 15.4 Å². The van der Waals surface area contributed by atoms with E-state index < -0.39 is 0 Å². The average molecular weight is 257 g/mol. The van der Waals surface area contributed by atoms with E-state index >= 15 is 0 Å². The normalized spacial score (nSPS) is 12.3. The minimum atomic E-state index is 0. The molecular formula is C12H17ClN2O2. The summed E-state index contributed by atoms with van der Waals surface area (Å²) in [6.45, 7) is 1.44. The van der Waals surface area contributed by atoms with Crippen molar-refractivity contribution in [1.29, 1.82) is 0 Å². The molecular weight excluding hydrogens is 240 g/mol. The van der Waals surface area contributed by atoms with Crippen molar-refractivity contribution in [3.8, 4) is 5.75 Å². The van der Waals surface area contributed by atoms with E-state index in [-0.39, 0.29) is 18.3 Å². The summed E-state index contributed by atoms with van der Waals surface area (Å²) in [4.78, 5) is 11.5. The maximum Gasteiger partial charge on any atom is 0.225 e. The van der Waals surface area contributed by atoms with Gasteiger partial charge in [0.2, 0.25) is 5.91 Å². The van der Waals surface area contributed by atoms with Gasteiger partial charge in [-0.15, -0.1) is 12.4 Å². The van der Waals surface area contributed by atoms with Crippen LogP contribution in [0.4, 0.5) is 5.69 Å². The van der Waals surface area contributed by atoms with Crippen molar-refractivity contribution >= 4 is 24.0 Å². The van der Waals surface area contributed by atoms with Crippen molar-refractivity contribution in [3.63, 3.8) is 0 Å². The smallest absolute Gasteiger partial charge is 0.225 e. The summed E-state index contributed by atoms with van der Waals surface area (Å²) < 4.78 is 5.40. The number of hydrogen-bond acceptors (Lipinski definition) is 3. The number of rotatable bonds is 4. The van der Waals surface area contributed by atoms with Gasteiger partial charge in [0.15, 0.2) is 0 Å². The van der Waals surface area contributed by atoms with Crippen LogP contribution in [0.25, 0.3) is 0 Å². The molecule has 0 spiro atoms. The fourth-order valence-electron chi connectivity index (χ4n) is 1.73. The Morgan fingerprint density at radius 1 is 1.47 bits per heavy atom. The number of carbonyl (C=O) groups excluding carboxylic acids is 1. The molecule has 1 aromatic carbocycles. The minimum absolute atomic E-state index is 0. The molecule has 0 unspecified atom stereocenters. The first-order chi connectivity index (χ1) is 7.79. The zero-order chi connectivity index (χ0) is 11.4. The summed E-state index contributed by atoms with van der Waals surface area (Å²) in [5, 5.41) is 5.82. The molecule has 0 aromatic heterocycles. The number of hydrogen-bond donors (Lipinski definition) is 2. The summed E-state index contributed by atoms with van der Waals surface area (Å²) in [5.41, 5.74) is 2.02. The fraction of sp³-hybridized carbons (Fsp3) is 0.417. The molecule has 0 atom stereocenters. The first kappa shape index (κ1) is 13.8. The quantitative estimate of drug-likeness (QED) is 0.860. The number of nitrogens with one attached hydrogen (secondary N) is 2. The summed E-state index contributed by atoms with van der Waals surface area (Å²) in [6.07, 6.45) is 1.42. The Morgan fingerprint density at radius 2 is 2.29 bits per heavy atom. The molecule has 4 nitrogen and oxygen atoms in total. The van der Waals surface area contributed by atoms with E-state index in [4.69, 9.17) is 4.74 Å². The van der Waals surface area contributed by atoms with Gasteiger partial charge in [0.1, 0.15) is 5.75 Å². The Kier molecular flexibility index (Phi) is 5.25. The lowest BCUT2D eigenvalue weighted by Gasteiger charge is -2.06. The Bertz CT molecular complexity index is 396. The molecule has 17 heavy (non-hydrogen) atoms. The molecule has 0 radical (unpaired) electrons. The van der Waals surface area contributed by atoms with E-state index in [0.717, 1.165) is 24.5 Å². The lowest BCUT2D eigenvalue weighted by molar-refractivity contribution is -0.116. The van der Waals surface area contributed by atoms with Gasteiger partial charge in [-0.3, -0.25) is 4.79 Å². The SMILES string of the molecule is CNCCC(=O)Nc1ccc2c(c1)CCO2.Cl. The van der Waals surface area contributed by atoms with Crippen molar-refractivity contribution < 1.29 is 9.53 Å². The zero-order valence-corrected chi connectivity index (χ0v) is 10.6. The zero-order valence-electron chi connectivity index (χ0n) is 9.79. The third kappa shape index (κ3) is 3.61. The molecule has 5 heteroatoms. The topological polar surface area (TPSA) is 50.4 Å². The molecule has 0 saturated heterocycles. The minimum Gasteiger partial charge on any atom is -0.493 e. The van der Waals surface area contributed by atoms with Crippen LogP contribution in [0.15, 0.2) is 18.2 Å². The molecule has 1 aliphatic heterocycles. The molecule has 2 N–H and O–H groups in total. The van der Waals surface area contributed by atoms with Crippen LogP contribution in [0.3, 0.4) is 0 Å². The van der Waals surface area contributed by atoms with Gasteiger partial charge in [-0.05, 0) is 30.8 Å². The van der Waals surface area contributed by atoms with Crippen LogP contribution in [-0.2, 0) is 11.2 Å². The summed E-state index contributed by atoms with van der Waals surface area (Å²) in [6, 6.07) is 5.77. The Balaban J connectivity index is 0.00000144. The lowest BCUT2D eigenvalue weighted by atomic mass is 10.1. The standard InChI is InChI=1S/C12H16N2O2.ClH/c1-13-6-4-12(15)14-10-2-3-11-9(8-10)5-7-16-11;/h2-3,8,13H,4-7H2,1H3,(H,14,15);1H. The maximum atomic E-state index is 11.5. The number of amides is 1. The molecule has 0 saturated carbocycles. The molecule has 1 heterocycles. The summed E-state index contributed by atoms with van der Waals surface area (Å²) in [7, 11) is 1.83. The predicted molar refractivity (Wildman–Crippen MR) is 70.1 cm³/mol. The summed E-state index contributed by atoms with van der Waals surface area (Å²) >= 11 is 0. The monoisotopic (exact) mass is 256 g/mol. The Labute approximate surface area is 107 Å². The van der Waals surface area contributed by atoms with E-state index in [0.29, 0.717) is 13.0 Å². The van der Waals surface area contributed by atoms with E-state index in [1.807, 2.05) is 25.2 Å². The molecule has 1 aliphatic rings. The fourth-order valence-corrected chi connectivity index (χ4v) is 1.73. The second kappa shape index (κ2) is 6.47. The van der Waals surface area contributed by atoms with Gasteiger partial charge in [0.25, 0.3) is 0 Å². The third-order valence-corrected chi connectivity index (χ3v) is 2.58. The van der Waals surface area contributed by atoms with Crippen LogP contribution >= 0.6 is 12.4 Å². The molecule has 0 fully saturated rings. The van der Waals surface area contributed by atoms with Crippen molar-refractivity contribution in [1.82, 2.24) is 5.32 Å². The summed E-state index contributed by atoms with van der Waals surface area (Å²) in [5.74, 6) is 0.974.